The van der Waals surface area contributed by atoms with Crippen LogP contribution >= 0.6 is 11.3 Å². The summed E-state index contributed by atoms with van der Waals surface area (Å²) in [7, 11) is 0. The number of hydrogen-bond acceptors (Lipinski definition) is 7. The number of aryl methyl sites for hydroxylation is 1. The van der Waals surface area contributed by atoms with Crippen LogP contribution in [0.1, 0.15) is 17.0 Å². The van der Waals surface area contributed by atoms with Gasteiger partial charge in [0.1, 0.15) is 18.4 Å². The Morgan fingerprint density at radius 2 is 2.26 bits per heavy atom. The van der Waals surface area contributed by atoms with E-state index in [-0.39, 0.29) is 12.3 Å². The smallest absolute Gasteiger partial charge is 0.236 e. The van der Waals surface area contributed by atoms with Gasteiger partial charge in [0.2, 0.25) is 11.8 Å². The van der Waals surface area contributed by atoms with Crippen molar-refractivity contribution in [1.29, 1.82) is 0 Å². The third-order valence-corrected chi connectivity index (χ3v) is 4.79. The van der Waals surface area contributed by atoms with Gasteiger partial charge >= 0.3 is 0 Å². The number of carbonyl (C=O) groups is 1. The summed E-state index contributed by atoms with van der Waals surface area (Å²) in [6, 6.07) is 7.58. The zero-order valence-electron chi connectivity index (χ0n) is 14.5. The lowest BCUT2D eigenvalue weighted by Crippen LogP contribution is -2.25. The summed E-state index contributed by atoms with van der Waals surface area (Å²) < 4.78 is 7.25. The maximum atomic E-state index is 12.4. The van der Waals surface area contributed by atoms with E-state index in [1.54, 1.807) is 28.5 Å². The monoisotopic (exact) mass is 380 g/mol. The fourth-order valence-electron chi connectivity index (χ4n) is 2.60. The van der Waals surface area contributed by atoms with E-state index >= 15 is 0 Å². The Hall–Kier alpha value is -3.33. The van der Waals surface area contributed by atoms with Gasteiger partial charge in [0.15, 0.2) is 5.82 Å². The number of rotatable bonds is 6. The number of thiophene rings is 1. The van der Waals surface area contributed by atoms with E-state index in [9.17, 15) is 4.79 Å². The molecule has 0 aromatic carbocycles. The summed E-state index contributed by atoms with van der Waals surface area (Å²) >= 11 is 1.55. The molecule has 0 saturated heterocycles. The number of nitrogens with one attached hydrogen (secondary N) is 1. The molecule has 0 atom stereocenters. The first-order valence-corrected chi connectivity index (χ1v) is 9.14. The van der Waals surface area contributed by atoms with Crippen molar-refractivity contribution in [2.75, 3.05) is 0 Å². The molecule has 9 heteroatoms. The minimum absolute atomic E-state index is 0.141. The molecule has 4 aromatic heterocycles. The van der Waals surface area contributed by atoms with Gasteiger partial charge < -0.3 is 9.73 Å². The van der Waals surface area contributed by atoms with Crippen molar-refractivity contribution in [3.63, 3.8) is 0 Å². The molecule has 0 aliphatic heterocycles. The molecule has 1 N–H and O–H groups in total. The third kappa shape index (κ3) is 3.77. The molecule has 4 rings (SSSR count). The summed E-state index contributed by atoms with van der Waals surface area (Å²) in [5.74, 6) is 1.69. The van der Waals surface area contributed by atoms with E-state index in [4.69, 9.17) is 4.42 Å². The molecule has 0 aliphatic carbocycles. The van der Waals surface area contributed by atoms with Gasteiger partial charge in [0, 0.05) is 18.3 Å². The Kier molecular flexibility index (Phi) is 4.75. The minimum Gasteiger partial charge on any atom is -0.440 e. The highest BCUT2D eigenvalue weighted by atomic mass is 32.1. The molecular formula is C18H16N6O2S. The first-order valence-electron chi connectivity index (χ1n) is 8.26. The van der Waals surface area contributed by atoms with Gasteiger partial charge in [0.25, 0.3) is 0 Å². The highest BCUT2D eigenvalue weighted by Gasteiger charge is 2.16. The highest BCUT2D eigenvalue weighted by molar-refractivity contribution is 7.13. The number of nitrogens with zero attached hydrogens (tertiary/aromatic N) is 5. The Morgan fingerprint density at radius 3 is 3.04 bits per heavy atom. The number of carbonyl (C=O) groups excluding carboxylic acids is 1. The number of pyridine rings is 1. The zero-order chi connectivity index (χ0) is 18.6. The molecule has 0 radical (unpaired) electrons. The summed E-state index contributed by atoms with van der Waals surface area (Å²) in [5, 5.41) is 8.95. The average molecular weight is 380 g/mol. The Morgan fingerprint density at radius 1 is 1.33 bits per heavy atom. The quantitative estimate of drug-likeness (QED) is 0.552. The Balaban J connectivity index is 1.43. The highest BCUT2D eigenvalue weighted by Crippen LogP contribution is 2.26. The molecular weight excluding hydrogens is 364 g/mol. The van der Waals surface area contributed by atoms with E-state index < -0.39 is 0 Å². The maximum absolute atomic E-state index is 12.4. The Bertz CT molecular complexity index is 1040. The van der Waals surface area contributed by atoms with E-state index in [0.29, 0.717) is 29.7 Å². The predicted molar refractivity (Wildman–Crippen MR) is 99.3 cm³/mol. The van der Waals surface area contributed by atoms with E-state index in [2.05, 4.69) is 25.4 Å². The molecule has 0 spiro atoms. The second-order valence-corrected chi connectivity index (χ2v) is 6.73. The minimum atomic E-state index is -0.141. The fourth-order valence-corrected chi connectivity index (χ4v) is 3.25. The lowest BCUT2D eigenvalue weighted by Gasteiger charge is -2.09. The molecule has 0 aliphatic rings. The van der Waals surface area contributed by atoms with Crippen LogP contribution in [-0.4, -0.2) is 30.6 Å². The van der Waals surface area contributed by atoms with Crippen molar-refractivity contribution in [3.8, 4) is 16.6 Å². The first kappa shape index (κ1) is 17.1. The molecule has 0 bridgehead atoms. The Labute approximate surface area is 158 Å². The van der Waals surface area contributed by atoms with Crippen molar-refractivity contribution in [2.45, 2.75) is 19.9 Å². The largest absolute Gasteiger partial charge is 0.440 e. The molecule has 27 heavy (non-hydrogen) atoms. The van der Waals surface area contributed by atoms with Crippen LogP contribution in [0.2, 0.25) is 0 Å². The van der Waals surface area contributed by atoms with Crippen LogP contribution < -0.4 is 5.32 Å². The summed E-state index contributed by atoms with van der Waals surface area (Å²) in [6.45, 7) is 2.15. The SMILES string of the molecule is Cc1oc(-c2cccs2)nc1CC(=O)NCc1cccnc1-n1cncn1. The molecule has 4 heterocycles. The molecule has 0 saturated carbocycles. The maximum Gasteiger partial charge on any atom is 0.236 e. The van der Waals surface area contributed by atoms with Crippen molar-refractivity contribution in [3.05, 3.63) is 65.5 Å². The van der Waals surface area contributed by atoms with Crippen LogP contribution in [-0.2, 0) is 17.8 Å². The van der Waals surface area contributed by atoms with Crippen LogP contribution in [0.15, 0.2) is 52.9 Å². The predicted octanol–water partition coefficient (Wildman–Crippen LogP) is 2.55. The van der Waals surface area contributed by atoms with Gasteiger partial charge in [-0.3, -0.25) is 4.79 Å². The molecule has 0 fully saturated rings. The first-order chi connectivity index (χ1) is 13.2. The molecule has 1 amide bonds. The number of oxazole rings is 1. The van der Waals surface area contributed by atoms with Crippen molar-refractivity contribution >= 4 is 17.2 Å². The third-order valence-electron chi connectivity index (χ3n) is 3.93. The van der Waals surface area contributed by atoms with Gasteiger partial charge in [-0.2, -0.15) is 5.10 Å². The van der Waals surface area contributed by atoms with Crippen LogP contribution in [0.4, 0.5) is 0 Å². The number of hydrogen-bond donors (Lipinski definition) is 1. The summed E-state index contributed by atoms with van der Waals surface area (Å²) in [6.07, 6.45) is 4.83. The van der Waals surface area contributed by atoms with E-state index in [1.807, 2.05) is 36.6 Å². The average Bonchev–Trinajstić information content (AvgIpc) is 3.43. The van der Waals surface area contributed by atoms with Crippen molar-refractivity contribution in [2.24, 2.45) is 0 Å². The lowest BCUT2D eigenvalue weighted by atomic mass is 10.2. The summed E-state index contributed by atoms with van der Waals surface area (Å²) in [5.41, 5.74) is 1.48. The van der Waals surface area contributed by atoms with Crippen molar-refractivity contribution < 1.29 is 9.21 Å². The number of aromatic nitrogens is 5. The van der Waals surface area contributed by atoms with Crippen molar-refractivity contribution in [1.82, 2.24) is 30.0 Å². The van der Waals surface area contributed by atoms with Crippen LogP contribution in [0.25, 0.3) is 16.6 Å². The fraction of sp³-hybridized carbons (Fsp3) is 0.167. The van der Waals surface area contributed by atoms with Gasteiger partial charge in [-0.25, -0.2) is 19.6 Å². The number of amides is 1. The van der Waals surface area contributed by atoms with Crippen LogP contribution in [0.3, 0.4) is 0 Å². The second-order valence-electron chi connectivity index (χ2n) is 5.78. The normalized spacial score (nSPS) is 10.9. The van der Waals surface area contributed by atoms with Gasteiger partial charge in [-0.05, 0) is 24.4 Å². The molecule has 136 valence electrons. The van der Waals surface area contributed by atoms with Gasteiger partial charge in [-0.1, -0.05) is 12.1 Å². The summed E-state index contributed by atoms with van der Waals surface area (Å²) in [4.78, 5) is 26.0. The van der Waals surface area contributed by atoms with Gasteiger partial charge in [-0.15, -0.1) is 11.3 Å². The standard InChI is InChI=1S/C18H16N6O2S/c1-12-14(23-18(26-12)15-5-3-7-27-15)8-16(25)21-9-13-4-2-6-20-17(13)24-11-19-10-22-24/h2-7,10-11H,8-9H2,1H3,(H,21,25). The second kappa shape index (κ2) is 7.50. The molecule has 8 nitrogen and oxygen atoms in total. The van der Waals surface area contributed by atoms with Gasteiger partial charge in [0.05, 0.1) is 17.0 Å². The zero-order valence-corrected chi connectivity index (χ0v) is 15.3. The van der Waals surface area contributed by atoms with Crippen LogP contribution in [0.5, 0.6) is 0 Å². The lowest BCUT2D eigenvalue weighted by molar-refractivity contribution is -0.120. The van der Waals surface area contributed by atoms with E-state index in [0.717, 1.165) is 10.4 Å². The molecule has 0 unspecified atom stereocenters. The molecule has 4 aromatic rings. The van der Waals surface area contributed by atoms with Crippen LogP contribution in [0, 0.1) is 6.92 Å². The van der Waals surface area contributed by atoms with E-state index in [1.165, 1.54) is 6.33 Å². The topological polar surface area (TPSA) is 98.7 Å².